The van der Waals surface area contributed by atoms with Gasteiger partial charge in [-0.3, -0.25) is 9.69 Å². The second kappa shape index (κ2) is 6.62. The molecule has 1 aliphatic rings. The number of nitrogens with zero attached hydrogens (tertiary/aromatic N) is 3. The minimum atomic E-state index is 0.0541. The minimum Gasteiger partial charge on any atom is -0.463 e. The predicted molar refractivity (Wildman–Crippen MR) is 87.8 cm³/mol. The summed E-state index contributed by atoms with van der Waals surface area (Å²) in [6.07, 6.45) is 1.59. The number of carbonyl (C=O) groups is 1. The standard InChI is InChI=1S/C16H15N3O2S/c1-12(14-8-5-9-21-14)17-18-16-19(15(20)11-22-16)10-13-6-3-2-4-7-13/h2-9H,10-11H2,1H3/b17-12-,18-16+. The van der Waals surface area contributed by atoms with Crippen molar-refractivity contribution in [1.29, 1.82) is 0 Å². The number of amidine groups is 1. The lowest BCUT2D eigenvalue weighted by atomic mass is 10.2. The zero-order chi connectivity index (χ0) is 15.4. The van der Waals surface area contributed by atoms with Crippen LogP contribution in [0.4, 0.5) is 0 Å². The topological polar surface area (TPSA) is 58.2 Å². The van der Waals surface area contributed by atoms with E-state index in [1.165, 1.54) is 11.8 Å². The molecule has 0 aliphatic carbocycles. The van der Waals surface area contributed by atoms with Gasteiger partial charge in [0.1, 0.15) is 11.5 Å². The summed E-state index contributed by atoms with van der Waals surface area (Å²) in [6, 6.07) is 13.5. The molecule has 2 aromatic rings. The van der Waals surface area contributed by atoms with Crippen LogP contribution in [0.15, 0.2) is 63.3 Å². The third kappa shape index (κ3) is 3.28. The molecule has 0 unspecified atom stereocenters. The smallest absolute Gasteiger partial charge is 0.239 e. The van der Waals surface area contributed by atoms with Crippen LogP contribution in [-0.2, 0) is 11.3 Å². The van der Waals surface area contributed by atoms with Gasteiger partial charge >= 0.3 is 0 Å². The van der Waals surface area contributed by atoms with Crippen molar-refractivity contribution in [2.75, 3.05) is 5.75 Å². The van der Waals surface area contributed by atoms with Gasteiger partial charge in [0.05, 0.1) is 18.6 Å². The Balaban J connectivity index is 1.78. The maximum Gasteiger partial charge on any atom is 0.239 e. The Morgan fingerprint density at radius 1 is 1.27 bits per heavy atom. The fourth-order valence-corrected chi connectivity index (χ4v) is 2.87. The Labute approximate surface area is 132 Å². The van der Waals surface area contributed by atoms with Gasteiger partial charge in [-0.1, -0.05) is 42.1 Å². The zero-order valence-electron chi connectivity index (χ0n) is 12.1. The molecule has 1 fully saturated rings. The number of amides is 1. The Morgan fingerprint density at radius 3 is 2.82 bits per heavy atom. The van der Waals surface area contributed by atoms with E-state index in [9.17, 15) is 4.79 Å². The Bertz CT molecular complexity index is 708. The van der Waals surface area contributed by atoms with Gasteiger partial charge in [-0.05, 0) is 24.6 Å². The van der Waals surface area contributed by atoms with Crippen LogP contribution in [-0.4, -0.2) is 27.4 Å². The quantitative estimate of drug-likeness (QED) is 0.643. The lowest BCUT2D eigenvalue weighted by molar-refractivity contribution is -0.124. The summed E-state index contributed by atoms with van der Waals surface area (Å²) in [5.41, 5.74) is 1.75. The molecule has 0 radical (unpaired) electrons. The lowest BCUT2D eigenvalue weighted by Crippen LogP contribution is -2.28. The zero-order valence-corrected chi connectivity index (χ0v) is 12.9. The molecule has 112 valence electrons. The number of furan rings is 1. The van der Waals surface area contributed by atoms with Gasteiger partial charge in [0.15, 0.2) is 5.17 Å². The molecule has 0 saturated carbocycles. The Kier molecular flexibility index (Phi) is 4.39. The first-order valence-corrected chi connectivity index (χ1v) is 7.86. The summed E-state index contributed by atoms with van der Waals surface area (Å²) >= 11 is 1.41. The molecule has 1 saturated heterocycles. The molecular formula is C16H15N3O2S. The summed E-state index contributed by atoms with van der Waals surface area (Å²) in [6.45, 7) is 2.34. The highest BCUT2D eigenvalue weighted by atomic mass is 32.2. The fourth-order valence-electron chi connectivity index (χ4n) is 2.04. The number of carbonyl (C=O) groups excluding carboxylic acids is 1. The molecular weight excluding hydrogens is 298 g/mol. The van der Waals surface area contributed by atoms with E-state index in [1.807, 2.05) is 43.3 Å². The maximum atomic E-state index is 12.0. The van der Waals surface area contributed by atoms with Crippen LogP contribution < -0.4 is 0 Å². The molecule has 0 bridgehead atoms. The van der Waals surface area contributed by atoms with Crippen molar-refractivity contribution >= 4 is 28.5 Å². The number of thioether (sulfide) groups is 1. The summed E-state index contributed by atoms with van der Waals surface area (Å²) in [4.78, 5) is 13.7. The van der Waals surface area contributed by atoms with E-state index in [0.717, 1.165) is 5.56 Å². The molecule has 6 heteroatoms. The third-order valence-electron chi connectivity index (χ3n) is 3.20. The van der Waals surface area contributed by atoms with Crippen LogP contribution >= 0.6 is 11.8 Å². The van der Waals surface area contributed by atoms with Gasteiger partial charge in [-0.25, -0.2) is 0 Å². The van der Waals surface area contributed by atoms with Crippen LogP contribution in [0.2, 0.25) is 0 Å². The van der Waals surface area contributed by atoms with Gasteiger partial charge in [-0.15, -0.1) is 10.2 Å². The van der Waals surface area contributed by atoms with Crippen molar-refractivity contribution in [2.24, 2.45) is 10.2 Å². The molecule has 1 aromatic heterocycles. The van der Waals surface area contributed by atoms with E-state index in [2.05, 4.69) is 10.2 Å². The van der Waals surface area contributed by atoms with Crippen molar-refractivity contribution < 1.29 is 9.21 Å². The van der Waals surface area contributed by atoms with Crippen molar-refractivity contribution in [2.45, 2.75) is 13.5 Å². The third-order valence-corrected chi connectivity index (χ3v) is 4.16. The fraction of sp³-hybridized carbons (Fsp3) is 0.188. The Hall–Kier alpha value is -2.34. The molecule has 2 heterocycles. The van der Waals surface area contributed by atoms with Gasteiger partial charge < -0.3 is 4.42 Å². The Morgan fingerprint density at radius 2 is 2.09 bits per heavy atom. The predicted octanol–water partition coefficient (Wildman–Crippen LogP) is 3.14. The normalized spacial score (nSPS) is 17.5. The molecule has 0 N–H and O–H groups in total. The second-order valence-electron chi connectivity index (χ2n) is 4.80. The largest absolute Gasteiger partial charge is 0.463 e. The highest BCUT2D eigenvalue weighted by Gasteiger charge is 2.28. The molecule has 0 atom stereocenters. The van der Waals surface area contributed by atoms with Gasteiger partial charge in [0.25, 0.3) is 0 Å². The van der Waals surface area contributed by atoms with E-state index < -0.39 is 0 Å². The monoisotopic (exact) mass is 313 g/mol. The summed E-state index contributed by atoms with van der Waals surface area (Å²) in [5.74, 6) is 1.13. The van der Waals surface area contributed by atoms with E-state index >= 15 is 0 Å². The van der Waals surface area contributed by atoms with Crippen molar-refractivity contribution in [3.8, 4) is 0 Å². The average Bonchev–Trinajstić information content (AvgIpc) is 3.18. The van der Waals surface area contributed by atoms with Crippen molar-refractivity contribution in [1.82, 2.24) is 4.90 Å². The molecule has 1 aliphatic heterocycles. The van der Waals surface area contributed by atoms with Crippen LogP contribution in [0.3, 0.4) is 0 Å². The summed E-state index contributed by atoms with van der Waals surface area (Å²) in [7, 11) is 0. The van der Waals surface area contributed by atoms with Gasteiger partial charge in [-0.2, -0.15) is 0 Å². The van der Waals surface area contributed by atoms with E-state index in [0.29, 0.717) is 28.9 Å². The first-order valence-electron chi connectivity index (χ1n) is 6.87. The van der Waals surface area contributed by atoms with Crippen LogP contribution in [0.25, 0.3) is 0 Å². The first kappa shape index (κ1) is 14.6. The number of benzene rings is 1. The highest BCUT2D eigenvalue weighted by molar-refractivity contribution is 8.15. The van der Waals surface area contributed by atoms with Gasteiger partial charge in [0.2, 0.25) is 5.91 Å². The van der Waals surface area contributed by atoms with E-state index in [4.69, 9.17) is 4.42 Å². The maximum absolute atomic E-state index is 12.0. The molecule has 22 heavy (non-hydrogen) atoms. The molecule has 0 spiro atoms. The molecule has 3 rings (SSSR count). The second-order valence-corrected chi connectivity index (χ2v) is 5.74. The molecule has 1 aromatic carbocycles. The summed E-state index contributed by atoms with van der Waals surface area (Å²) in [5, 5.41) is 9.02. The van der Waals surface area contributed by atoms with E-state index in [1.54, 1.807) is 17.2 Å². The summed E-state index contributed by atoms with van der Waals surface area (Å²) < 4.78 is 5.27. The lowest BCUT2D eigenvalue weighted by Gasteiger charge is -2.15. The number of hydrogen-bond acceptors (Lipinski definition) is 5. The van der Waals surface area contributed by atoms with Crippen molar-refractivity contribution in [3.05, 3.63) is 60.1 Å². The molecule has 1 amide bonds. The van der Waals surface area contributed by atoms with E-state index in [-0.39, 0.29) is 5.91 Å². The SMILES string of the molecule is C/C(=N/N=C1/SCC(=O)N1Cc1ccccc1)c1ccco1. The van der Waals surface area contributed by atoms with Gasteiger partial charge in [0, 0.05) is 0 Å². The number of rotatable bonds is 4. The van der Waals surface area contributed by atoms with Crippen molar-refractivity contribution in [3.63, 3.8) is 0 Å². The molecule has 5 nitrogen and oxygen atoms in total. The average molecular weight is 313 g/mol. The van der Waals surface area contributed by atoms with Crippen LogP contribution in [0.1, 0.15) is 18.2 Å². The first-order chi connectivity index (χ1) is 10.7. The minimum absolute atomic E-state index is 0.0541. The van der Waals surface area contributed by atoms with Crippen LogP contribution in [0, 0.1) is 0 Å². The highest BCUT2D eigenvalue weighted by Crippen LogP contribution is 2.22. The van der Waals surface area contributed by atoms with Crippen LogP contribution in [0.5, 0.6) is 0 Å². The number of hydrogen-bond donors (Lipinski definition) is 0.